The SMILES string of the molecule is C=Nc1cccc(C(O)C(Cl)(Cl)Cl)c1.N#Cc1cccc(C2Oc3ccccc3NC2=O)c1. The molecule has 1 amide bonds. The maximum atomic E-state index is 12.0. The first-order valence-corrected chi connectivity index (χ1v) is 10.7. The van der Waals surface area contributed by atoms with Gasteiger partial charge in [0.2, 0.25) is 9.90 Å². The highest BCUT2D eigenvalue weighted by Crippen LogP contribution is 2.40. The molecule has 3 aromatic rings. The molecule has 2 unspecified atom stereocenters. The Kier molecular flexibility index (Phi) is 7.96. The van der Waals surface area contributed by atoms with Crippen LogP contribution in [0.1, 0.15) is 28.9 Å². The summed E-state index contributed by atoms with van der Waals surface area (Å²) in [7, 11) is 0. The minimum atomic E-state index is -1.74. The molecule has 1 aliphatic heterocycles. The number of aliphatic hydroxyl groups is 1. The highest BCUT2D eigenvalue weighted by molar-refractivity contribution is 6.68. The van der Waals surface area contributed by atoms with E-state index in [2.05, 4.69) is 23.1 Å². The van der Waals surface area contributed by atoms with Gasteiger partial charge in [-0.05, 0) is 48.7 Å². The summed E-state index contributed by atoms with van der Waals surface area (Å²) in [4.78, 5) is 15.7. The Morgan fingerprint density at radius 3 is 2.52 bits per heavy atom. The fourth-order valence-corrected chi connectivity index (χ4v) is 3.40. The monoisotopic (exact) mass is 501 g/mol. The van der Waals surface area contributed by atoms with Crippen LogP contribution in [0.25, 0.3) is 0 Å². The van der Waals surface area contributed by atoms with Crippen molar-refractivity contribution in [2.24, 2.45) is 4.99 Å². The number of ether oxygens (including phenoxy) is 1. The maximum Gasteiger partial charge on any atom is 0.270 e. The van der Waals surface area contributed by atoms with Crippen LogP contribution < -0.4 is 10.1 Å². The van der Waals surface area contributed by atoms with E-state index in [0.29, 0.717) is 33.8 Å². The van der Waals surface area contributed by atoms with E-state index in [-0.39, 0.29) is 5.91 Å². The van der Waals surface area contributed by atoms with Crippen molar-refractivity contribution in [2.45, 2.75) is 16.0 Å². The molecule has 0 saturated heterocycles. The molecule has 9 heteroatoms. The van der Waals surface area contributed by atoms with Crippen molar-refractivity contribution in [1.29, 1.82) is 5.26 Å². The number of nitrogens with zero attached hydrogens (tertiary/aromatic N) is 2. The third-order valence-corrected chi connectivity index (χ3v) is 5.25. The van der Waals surface area contributed by atoms with Crippen LogP contribution in [-0.2, 0) is 4.79 Å². The second kappa shape index (κ2) is 10.7. The summed E-state index contributed by atoms with van der Waals surface area (Å²) in [5.41, 5.74) is 2.96. The average molecular weight is 503 g/mol. The molecule has 4 rings (SSSR count). The highest BCUT2D eigenvalue weighted by atomic mass is 35.6. The van der Waals surface area contributed by atoms with Gasteiger partial charge in [-0.3, -0.25) is 9.79 Å². The van der Waals surface area contributed by atoms with Crippen molar-refractivity contribution >= 4 is 58.8 Å². The predicted molar refractivity (Wildman–Crippen MR) is 130 cm³/mol. The summed E-state index contributed by atoms with van der Waals surface area (Å²) >= 11 is 16.6. The number of nitriles is 1. The number of hydrogen-bond acceptors (Lipinski definition) is 5. The van der Waals surface area contributed by atoms with E-state index in [1.54, 1.807) is 60.7 Å². The van der Waals surface area contributed by atoms with E-state index in [1.165, 1.54) is 0 Å². The van der Waals surface area contributed by atoms with E-state index in [4.69, 9.17) is 44.8 Å². The van der Waals surface area contributed by atoms with Gasteiger partial charge < -0.3 is 15.2 Å². The number of fused-ring (bicyclic) bond motifs is 1. The van der Waals surface area contributed by atoms with Gasteiger partial charge in [0, 0.05) is 5.56 Å². The molecule has 0 saturated carbocycles. The Bertz CT molecular complexity index is 1210. The van der Waals surface area contributed by atoms with E-state index >= 15 is 0 Å². The van der Waals surface area contributed by atoms with Crippen molar-refractivity contribution in [3.8, 4) is 11.8 Å². The van der Waals surface area contributed by atoms with Gasteiger partial charge in [0.05, 0.1) is 23.0 Å². The van der Waals surface area contributed by atoms with Crippen LogP contribution in [0.4, 0.5) is 11.4 Å². The van der Waals surface area contributed by atoms with Crippen LogP contribution in [0.2, 0.25) is 0 Å². The maximum absolute atomic E-state index is 12.0. The first-order valence-electron chi connectivity index (χ1n) is 9.61. The van der Waals surface area contributed by atoms with Gasteiger partial charge in [0.15, 0.2) is 0 Å². The van der Waals surface area contributed by atoms with Crippen molar-refractivity contribution in [1.82, 2.24) is 0 Å². The first-order chi connectivity index (χ1) is 15.7. The third-order valence-electron chi connectivity index (χ3n) is 4.62. The Hall–Kier alpha value is -3.08. The average Bonchev–Trinajstić information content (AvgIpc) is 2.83. The molecule has 0 aliphatic carbocycles. The molecule has 168 valence electrons. The standard InChI is InChI=1S/C15H10N2O2.C9H8Cl3NO/c16-9-10-4-3-5-11(8-10)14-15(18)17-12-6-1-2-7-13(12)19-14;1-13-7-4-2-3-6(5-7)8(14)9(10,11)12/h1-8,14H,(H,17,18);2-5,8,14H,1H2. The molecule has 0 fully saturated rings. The van der Waals surface area contributed by atoms with Crippen molar-refractivity contribution < 1.29 is 14.6 Å². The van der Waals surface area contributed by atoms with Gasteiger partial charge in [0.25, 0.3) is 5.91 Å². The zero-order valence-corrected chi connectivity index (χ0v) is 19.3. The molecule has 0 bridgehead atoms. The van der Waals surface area contributed by atoms with Gasteiger partial charge >= 0.3 is 0 Å². The number of anilines is 1. The fraction of sp³-hybridized carbons (Fsp3) is 0.125. The summed E-state index contributed by atoms with van der Waals surface area (Å²) < 4.78 is 3.97. The van der Waals surface area contributed by atoms with Gasteiger partial charge in [-0.15, -0.1) is 0 Å². The number of benzene rings is 3. The van der Waals surface area contributed by atoms with E-state index in [0.717, 1.165) is 0 Å². The Morgan fingerprint density at radius 2 is 1.82 bits per heavy atom. The molecule has 0 aromatic heterocycles. The molecule has 0 radical (unpaired) electrons. The lowest BCUT2D eigenvalue weighted by Gasteiger charge is -2.26. The number of amides is 1. The van der Waals surface area contributed by atoms with E-state index in [1.807, 2.05) is 12.1 Å². The molecule has 1 aliphatic rings. The molecule has 2 atom stereocenters. The largest absolute Gasteiger partial charge is 0.474 e. The first kappa shape index (κ1) is 24.6. The highest BCUT2D eigenvalue weighted by Gasteiger charge is 2.32. The number of hydrogen-bond donors (Lipinski definition) is 2. The fourth-order valence-electron chi connectivity index (χ4n) is 3.02. The van der Waals surface area contributed by atoms with Crippen molar-refractivity contribution in [3.63, 3.8) is 0 Å². The smallest absolute Gasteiger partial charge is 0.270 e. The zero-order chi connectivity index (χ0) is 24.0. The normalized spacial score (nSPS) is 15.5. The molecule has 33 heavy (non-hydrogen) atoms. The number of nitrogens with one attached hydrogen (secondary N) is 1. The Labute approximate surface area is 206 Å². The van der Waals surface area contributed by atoms with Crippen LogP contribution in [0, 0.1) is 11.3 Å². The number of carbonyl (C=O) groups excluding carboxylic acids is 1. The zero-order valence-electron chi connectivity index (χ0n) is 17.1. The summed E-state index contributed by atoms with van der Waals surface area (Å²) in [5.74, 6) is 0.406. The summed E-state index contributed by atoms with van der Waals surface area (Å²) in [6, 6.07) is 22.9. The Morgan fingerprint density at radius 1 is 1.09 bits per heavy atom. The second-order valence-electron chi connectivity index (χ2n) is 6.92. The topological polar surface area (TPSA) is 94.7 Å². The molecular weight excluding hydrogens is 485 g/mol. The number of carbonyl (C=O) groups is 1. The van der Waals surface area contributed by atoms with Crippen LogP contribution in [-0.4, -0.2) is 21.5 Å². The van der Waals surface area contributed by atoms with Crippen LogP contribution in [0.5, 0.6) is 5.75 Å². The summed E-state index contributed by atoms with van der Waals surface area (Å²) in [6.45, 7) is 3.36. The quantitative estimate of drug-likeness (QED) is 0.336. The second-order valence-corrected chi connectivity index (χ2v) is 9.29. The predicted octanol–water partition coefficient (Wildman–Crippen LogP) is 6.05. The minimum absolute atomic E-state index is 0.228. The van der Waals surface area contributed by atoms with E-state index in [9.17, 15) is 9.90 Å². The van der Waals surface area contributed by atoms with Crippen molar-refractivity contribution in [2.75, 3.05) is 5.32 Å². The molecule has 2 N–H and O–H groups in total. The molecule has 0 spiro atoms. The number of rotatable bonds is 3. The van der Waals surface area contributed by atoms with Crippen LogP contribution in [0.15, 0.2) is 77.8 Å². The number of alkyl halides is 3. The van der Waals surface area contributed by atoms with Gasteiger partial charge in [0.1, 0.15) is 11.9 Å². The Balaban J connectivity index is 0.000000196. The number of para-hydroxylation sites is 2. The van der Waals surface area contributed by atoms with Crippen molar-refractivity contribution in [3.05, 3.63) is 89.5 Å². The van der Waals surface area contributed by atoms with Crippen LogP contribution in [0.3, 0.4) is 0 Å². The third kappa shape index (κ3) is 6.25. The van der Waals surface area contributed by atoms with E-state index < -0.39 is 16.0 Å². The molecular formula is C24H18Cl3N3O3. The summed E-state index contributed by atoms with van der Waals surface area (Å²) in [6.07, 6.45) is -1.89. The molecule has 6 nitrogen and oxygen atoms in total. The minimum Gasteiger partial charge on any atom is -0.474 e. The van der Waals surface area contributed by atoms with Crippen LogP contribution >= 0.6 is 34.8 Å². The van der Waals surface area contributed by atoms with Gasteiger partial charge in [-0.2, -0.15) is 5.26 Å². The molecule has 1 heterocycles. The summed E-state index contributed by atoms with van der Waals surface area (Å²) in [5, 5.41) is 21.3. The lowest BCUT2D eigenvalue weighted by Crippen LogP contribution is -2.30. The number of halogens is 3. The lowest BCUT2D eigenvalue weighted by atomic mass is 10.0. The number of aliphatic imine (C=N–C) groups is 1. The van der Waals surface area contributed by atoms with Gasteiger partial charge in [-0.1, -0.05) is 71.2 Å². The van der Waals surface area contributed by atoms with Gasteiger partial charge in [-0.25, -0.2) is 0 Å². The lowest BCUT2D eigenvalue weighted by molar-refractivity contribution is -0.123. The molecule has 3 aromatic carbocycles. The number of aliphatic hydroxyl groups excluding tert-OH is 1.